The van der Waals surface area contributed by atoms with Gasteiger partial charge in [-0.3, -0.25) is 4.79 Å². The van der Waals surface area contributed by atoms with E-state index >= 15 is 0 Å². The predicted molar refractivity (Wildman–Crippen MR) is 94.9 cm³/mol. The van der Waals surface area contributed by atoms with Gasteiger partial charge in [-0.25, -0.2) is 4.79 Å². The van der Waals surface area contributed by atoms with E-state index in [9.17, 15) is 14.7 Å². The van der Waals surface area contributed by atoms with E-state index in [4.69, 9.17) is 9.47 Å². The minimum absolute atomic E-state index is 0.00222. The lowest BCUT2D eigenvalue weighted by Gasteiger charge is -2.68. The maximum Gasteiger partial charge on any atom is 0.334 e. The average molecular weight is 360 g/mol. The fraction of sp³-hybridized carbons (Fsp3) is 0.714. The number of carbonyl (C=O) groups is 2. The van der Waals surface area contributed by atoms with Gasteiger partial charge >= 0.3 is 5.97 Å². The highest BCUT2D eigenvalue weighted by molar-refractivity contribution is 6.01. The molecule has 4 bridgehead atoms. The largest absolute Gasteiger partial charge is 0.466 e. The second-order valence-corrected chi connectivity index (χ2v) is 9.12. The van der Waals surface area contributed by atoms with Crippen molar-refractivity contribution in [2.75, 3.05) is 7.11 Å². The summed E-state index contributed by atoms with van der Waals surface area (Å²) in [6, 6.07) is 0. The summed E-state index contributed by atoms with van der Waals surface area (Å²) in [5, 5.41) is 11.7. The quantitative estimate of drug-likeness (QED) is 0.767. The number of ketones is 1. The van der Waals surface area contributed by atoms with Crippen molar-refractivity contribution in [3.63, 3.8) is 0 Å². The molecule has 142 valence electrons. The monoisotopic (exact) mass is 360 g/mol. The standard InChI is InChI=1S/C21H28O5/c1-11(2)14-8-16(22)19(4)15-7-6-12(3)9-20(15)10-13(18(23)25-5)17(19)21(14,24)26-20/h8,10-12,15,17,24H,6-7,9H2,1-5H3/t12-,15+,17-,19-,20+,21+/m0/s1. The molecule has 0 radical (unpaired) electrons. The summed E-state index contributed by atoms with van der Waals surface area (Å²) in [4.78, 5) is 26.0. The normalized spacial score (nSPS) is 46.6. The fourth-order valence-corrected chi connectivity index (χ4v) is 6.24. The van der Waals surface area contributed by atoms with Gasteiger partial charge in [0.15, 0.2) is 11.6 Å². The molecule has 1 spiro atoms. The van der Waals surface area contributed by atoms with Crippen LogP contribution in [0.1, 0.15) is 47.0 Å². The smallest absolute Gasteiger partial charge is 0.334 e. The first-order valence-electron chi connectivity index (χ1n) is 9.60. The van der Waals surface area contributed by atoms with E-state index in [2.05, 4.69) is 6.92 Å². The molecule has 26 heavy (non-hydrogen) atoms. The second-order valence-electron chi connectivity index (χ2n) is 9.12. The molecule has 3 aliphatic carbocycles. The van der Waals surface area contributed by atoms with Crippen LogP contribution in [0.4, 0.5) is 0 Å². The van der Waals surface area contributed by atoms with Gasteiger partial charge in [0.1, 0.15) is 0 Å². The number of hydrogen-bond donors (Lipinski definition) is 1. The zero-order valence-electron chi connectivity index (χ0n) is 16.2. The summed E-state index contributed by atoms with van der Waals surface area (Å²) in [5.74, 6) is -2.55. The van der Waals surface area contributed by atoms with Gasteiger partial charge < -0.3 is 14.6 Å². The number of carbonyl (C=O) groups excluding carboxylic acids is 2. The van der Waals surface area contributed by atoms with Crippen molar-refractivity contribution in [3.8, 4) is 0 Å². The molecule has 1 saturated heterocycles. The minimum atomic E-state index is -1.64. The van der Waals surface area contributed by atoms with Gasteiger partial charge in [-0.1, -0.05) is 34.1 Å². The molecule has 2 fully saturated rings. The number of methoxy groups -OCH3 is 1. The van der Waals surface area contributed by atoms with Crippen LogP contribution in [0.2, 0.25) is 0 Å². The Morgan fingerprint density at radius 3 is 2.69 bits per heavy atom. The first-order chi connectivity index (χ1) is 12.1. The van der Waals surface area contributed by atoms with Crippen LogP contribution in [-0.4, -0.2) is 35.4 Å². The Morgan fingerprint density at radius 1 is 1.38 bits per heavy atom. The van der Waals surface area contributed by atoms with Gasteiger partial charge in [-0.2, -0.15) is 0 Å². The fourth-order valence-electron chi connectivity index (χ4n) is 6.24. The lowest BCUT2D eigenvalue weighted by Crippen LogP contribution is -2.75. The zero-order chi connectivity index (χ0) is 19.1. The van der Waals surface area contributed by atoms with Crippen molar-refractivity contribution < 1.29 is 24.2 Å². The van der Waals surface area contributed by atoms with Crippen LogP contribution in [0, 0.1) is 29.1 Å². The van der Waals surface area contributed by atoms with Gasteiger partial charge in [-0.15, -0.1) is 0 Å². The highest BCUT2D eigenvalue weighted by atomic mass is 16.6. The molecule has 2 aliphatic heterocycles. The topological polar surface area (TPSA) is 72.8 Å². The molecule has 0 amide bonds. The van der Waals surface area contributed by atoms with Crippen molar-refractivity contribution in [3.05, 3.63) is 23.3 Å². The van der Waals surface area contributed by atoms with Gasteiger partial charge in [0.25, 0.3) is 0 Å². The van der Waals surface area contributed by atoms with E-state index in [0.29, 0.717) is 23.5 Å². The highest BCUT2D eigenvalue weighted by Gasteiger charge is 2.74. The number of ether oxygens (including phenoxy) is 2. The van der Waals surface area contributed by atoms with Crippen LogP contribution in [0.3, 0.4) is 0 Å². The lowest BCUT2D eigenvalue weighted by atomic mass is 9.44. The summed E-state index contributed by atoms with van der Waals surface area (Å²) < 4.78 is 11.5. The first-order valence-corrected chi connectivity index (χ1v) is 9.60. The van der Waals surface area contributed by atoms with E-state index in [-0.39, 0.29) is 17.6 Å². The molecule has 1 saturated carbocycles. The number of rotatable bonds is 2. The van der Waals surface area contributed by atoms with Gasteiger partial charge in [0.2, 0.25) is 0 Å². The predicted octanol–water partition coefficient (Wildman–Crippen LogP) is 2.78. The summed E-state index contributed by atoms with van der Waals surface area (Å²) in [6.07, 6.45) is 6.01. The molecule has 1 N–H and O–H groups in total. The molecule has 5 heteroatoms. The van der Waals surface area contributed by atoms with Crippen LogP contribution < -0.4 is 0 Å². The SMILES string of the molecule is COC(=O)C1=C[C@]23C[C@@H](C)CC[C@@H]2[C@@]2(C)C(=O)C=C(C(C)C)[C@@](O)(O3)[C@@H]12. The minimum Gasteiger partial charge on any atom is -0.466 e. The number of allylic oxidation sites excluding steroid dienone is 1. The summed E-state index contributed by atoms with van der Waals surface area (Å²) >= 11 is 0. The molecule has 5 aliphatic rings. The van der Waals surface area contributed by atoms with E-state index < -0.39 is 28.7 Å². The second kappa shape index (κ2) is 5.29. The van der Waals surface area contributed by atoms with E-state index in [1.165, 1.54) is 7.11 Å². The Morgan fingerprint density at radius 2 is 2.08 bits per heavy atom. The van der Waals surface area contributed by atoms with Crippen LogP contribution in [0.15, 0.2) is 23.3 Å². The Hall–Kier alpha value is -1.46. The molecule has 5 nitrogen and oxygen atoms in total. The zero-order valence-corrected chi connectivity index (χ0v) is 16.2. The molecule has 0 aromatic carbocycles. The Balaban J connectivity index is 2.02. The van der Waals surface area contributed by atoms with Crippen molar-refractivity contribution in [2.45, 2.75) is 58.3 Å². The summed E-state index contributed by atoms with van der Waals surface area (Å²) in [6.45, 7) is 7.94. The molecular weight excluding hydrogens is 332 g/mol. The van der Waals surface area contributed by atoms with Crippen molar-refractivity contribution >= 4 is 11.8 Å². The third-order valence-corrected chi connectivity index (χ3v) is 7.25. The van der Waals surface area contributed by atoms with Crippen molar-refractivity contribution in [2.24, 2.45) is 29.1 Å². The van der Waals surface area contributed by atoms with Crippen LogP contribution in [0.25, 0.3) is 0 Å². The maximum absolute atomic E-state index is 13.3. The number of hydrogen-bond acceptors (Lipinski definition) is 5. The maximum atomic E-state index is 13.3. The molecule has 0 aromatic rings. The molecule has 5 rings (SSSR count). The summed E-state index contributed by atoms with van der Waals surface area (Å²) in [5.41, 5.74) is -0.697. The lowest BCUT2D eigenvalue weighted by molar-refractivity contribution is -0.346. The van der Waals surface area contributed by atoms with E-state index in [1.54, 1.807) is 6.08 Å². The molecule has 0 unspecified atom stereocenters. The van der Waals surface area contributed by atoms with Crippen LogP contribution in [0.5, 0.6) is 0 Å². The van der Waals surface area contributed by atoms with Crippen molar-refractivity contribution in [1.82, 2.24) is 0 Å². The third kappa shape index (κ3) is 1.93. The number of esters is 1. The Labute approximate surface area is 154 Å². The van der Waals surface area contributed by atoms with E-state index in [1.807, 2.05) is 26.8 Å². The number of aliphatic hydroxyl groups is 1. The summed E-state index contributed by atoms with van der Waals surface area (Å²) in [7, 11) is 1.34. The average Bonchev–Trinajstić information content (AvgIpc) is 2.55. The van der Waals surface area contributed by atoms with Crippen molar-refractivity contribution in [1.29, 1.82) is 0 Å². The van der Waals surface area contributed by atoms with E-state index in [0.717, 1.165) is 12.8 Å². The van der Waals surface area contributed by atoms with Gasteiger partial charge in [-0.05, 0) is 42.4 Å². The molecule has 2 heterocycles. The van der Waals surface area contributed by atoms with Gasteiger partial charge in [0.05, 0.1) is 18.6 Å². The molecule has 6 atom stereocenters. The third-order valence-electron chi connectivity index (χ3n) is 7.25. The molecule has 0 aromatic heterocycles. The van der Waals surface area contributed by atoms with Crippen LogP contribution >= 0.6 is 0 Å². The Kier molecular flexibility index (Phi) is 3.65. The highest BCUT2D eigenvalue weighted by Crippen LogP contribution is 2.68. The van der Waals surface area contributed by atoms with Gasteiger partial charge in [0, 0.05) is 16.9 Å². The molecular formula is C21H28O5. The first kappa shape index (κ1) is 17.9. The van der Waals surface area contributed by atoms with Crippen LogP contribution in [-0.2, 0) is 19.1 Å². The Bertz CT molecular complexity index is 750.